The molecule has 1 atom stereocenters. The molecule has 3 aromatic carbocycles. The van der Waals surface area contributed by atoms with Gasteiger partial charge in [0.1, 0.15) is 6.04 Å². The number of hydrogen-bond acceptors (Lipinski definition) is 2. The third kappa shape index (κ3) is 3.61. The van der Waals surface area contributed by atoms with Gasteiger partial charge in [-0.1, -0.05) is 71.7 Å². The molecule has 0 aromatic heterocycles. The van der Waals surface area contributed by atoms with Crippen LogP contribution in [0.5, 0.6) is 0 Å². The van der Waals surface area contributed by atoms with Crippen molar-refractivity contribution in [3.8, 4) is 0 Å². The highest BCUT2D eigenvalue weighted by Crippen LogP contribution is 2.30. The van der Waals surface area contributed by atoms with Crippen molar-refractivity contribution in [1.82, 2.24) is 0 Å². The maximum Gasteiger partial charge on any atom is 0.191 e. The van der Waals surface area contributed by atoms with Crippen molar-refractivity contribution in [2.24, 2.45) is 0 Å². The zero-order chi connectivity index (χ0) is 16.9. The van der Waals surface area contributed by atoms with E-state index in [1.807, 2.05) is 48.5 Å². The molecule has 0 aliphatic rings. The van der Waals surface area contributed by atoms with Gasteiger partial charge >= 0.3 is 0 Å². The van der Waals surface area contributed by atoms with Gasteiger partial charge in [0.15, 0.2) is 5.78 Å². The van der Waals surface area contributed by atoms with E-state index in [4.69, 9.17) is 23.2 Å². The predicted molar refractivity (Wildman–Crippen MR) is 100 cm³/mol. The van der Waals surface area contributed by atoms with E-state index in [-0.39, 0.29) is 5.78 Å². The van der Waals surface area contributed by atoms with Crippen LogP contribution in [0.25, 0.3) is 0 Å². The first-order valence-electron chi connectivity index (χ1n) is 7.51. The van der Waals surface area contributed by atoms with Crippen LogP contribution >= 0.6 is 23.2 Å². The van der Waals surface area contributed by atoms with Crippen LogP contribution in [0, 0.1) is 0 Å². The molecule has 24 heavy (non-hydrogen) atoms. The molecule has 4 heteroatoms. The summed E-state index contributed by atoms with van der Waals surface area (Å²) < 4.78 is 0. The van der Waals surface area contributed by atoms with Crippen LogP contribution in [0.4, 0.5) is 5.69 Å². The summed E-state index contributed by atoms with van der Waals surface area (Å²) in [6.07, 6.45) is 0. The summed E-state index contributed by atoms with van der Waals surface area (Å²) in [6, 6.07) is 23.3. The Kier molecular flexibility index (Phi) is 5.19. The average molecular weight is 356 g/mol. The summed E-state index contributed by atoms with van der Waals surface area (Å²) >= 11 is 12.5. The molecule has 0 heterocycles. The van der Waals surface area contributed by atoms with Gasteiger partial charge in [-0.05, 0) is 30.3 Å². The van der Waals surface area contributed by atoms with Gasteiger partial charge in [0.2, 0.25) is 0 Å². The highest BCUT2D eigenvalue weighted by Gasteiger charge is 2.25. The molecule has 1 unspecified atom stereocenters. The highest BCUT2D eigenvalue weighted by molar-refractivity contribution is 6.34. The minimum atomic E-state index is -0.624. The number of benzene rings is 3. The largest absolute Gasteiger partial charge is 0.371 e. The molecule has 0 fully saturated rings. The molecule has 0 bridgehead atoms. The molecule has 1 N–H and O–H groups in total. The summed E-state index contributed by atoms with van der Waals surface area (Å²) in [6.45, 7) is 0. The molecule has 0 radical (unpaired) electrons. The average Bonchev–Trinajstić information content (AvgIpc) is 2.61. The lowest BCUT2D eigenvalue weighted by Crippen LogP contribution is -2.22. The van der Waals surface area contributed by atoms with Crippen molar-refractivity contribution in [1.29, 1.82) is 0 Å². The Morgan fingerprint density at radius 2 is 1.33 bits per heavy atom. The lowest BCUT2D eigenvalue weighted by Gasteiger charge is -2.21. The quantitative estimate of drug-likeness (QED) is 0.566. The van der Waals surface area contributed by atoms with E-state index in [0.717, 1.165) is 5.69 Å². The molecule has 3 rings (SSSR count). The Balaban J connectivity index is 2.04. The van der Waals surface area contributed by atoms with Crippen molar-refractivity contribution in [3.63, 3.8) is 0 Å². The van der Waals surface area contributed by atoms with Gasteiger partial charge in [0, 0.05) is 21.8 Å². The van der Waals surface area contributed by atoms with Gasteiger partial charge in [-0.25, -0.2) is 0 Å². The molecule has 2 nitrogen and oxygen atoms in total. The number of anilines is 1. The van der Waals surface area contributed by atoms with Crippen LogP contribution in [0.3, 0.4) is 0 Å². The second kappa shape index (κ2) is 7.52. The van der Waals surface area contributed by atoms with Crippen LogP contribution in [0.15, 0.2) is 78.9 Å². The van der Waals surface area contributed by atoms with E-state index in [0.29, 0.717) is 21.2 Å². The normalized spacial score (nSPS) is 11.8. The number of Topliss-reactive ketones (excluding diaryl/α,β-unsaturated/α-hetero) is 1. The number of carbonyl (C=O) groups excluding carboxylic acids is 1. The second-order valence-corrected chi connectivity index (χ2v) is 6.12. The van der Waals surface area contributed by atoms with Crippen molar-refractivity contribution >= 4 is 34.7 Å². The minimum absolute atomic E-state index is 0.127. The molecule has 3 aromatic rings. The van der Waals surface area contributed by atoms with Crippen LogP contribution in [0.2, 0.25) is 10.0 Å². The second-order valence-electron chi connectivity index (χ2n) is 5.31. The van der Waals surface area contributed by atoms with E-state index in [1.165, 1.54) is 0 Å². The van der Waals surface area contributed by atoms with Gasteiger partial charge in [0.05, 0.1) is 5.02 Å². The molecule has 120 valence electrons. The van der Waals surface area contributed by atoms with Gasteiger partial charge in [0.25, 0.3) is 0 Å². The first-order valence-corrected chi connectivity index (χ1v) is 8.27. The Bertz CT molecular complexity index is 849. The van der Waals surface area contributed by atoms with E-state index < -0.39 is 6.04 Å². The van der Waals surface area contributed by atoms with E-state index in [2.05, 4.69) is 5.32 Å². The fraction of sp³-hybridized carbons (Fsp3) is 0.0500. The van der Waals surface area contributed by atoms with Gasteiger partial charge in [-0.3, -0.25) is 4.79 Å². The molecule has 0 aliphatic carbocycles. The van der Waals surface area contributed by atoms with Gasteiger partial charge in [-0.15, -0.1) is 0 Å². The van der Waals surface area contributed by atoms with E-state index in [1.54, 1.807) is 30.3 Å². The summed E-state index contributed by atoms with van der Waals surface area (Å²) in [7, 11) is 0. The third-order valence-corrected chi connectivity index (χ3v) is 4.38. The smallest absolute Gasteiger partial charge is 0.191 e. The fourth-order valence-corrected chi connectivity index (χ4v) is 2.99. The van der Waals surface area contributed by atoms with Crippen molar-refractivity contribution < 1.29 is 4.79 Å². The maximum absolute atomic E-state index is 13.1. The van der Waals surface area contributed by atoms with E-state index in [9.17, 15) is 4.79 Å². The third-order valence-electron chi connectivity index (χ3n) is 3.70. The summed E-state index contributed by atoms with van der Waals surface area (Å²) in [5.74, 6) is -0.127. The molecule has 0 saturated heterocycles. The lowest BCUT2D eigenvalue weighted by atomic mass is 9.97. The fourth-order valence-electron chi connectivity index (χ4n) is 2.51. The lowest BCUT2D eigenvalue weighted by molar-refractivity contribution is 0.0969. The number of nitrogens with one attached hydrogen (secondary N) is 1. The Hall–Kier alpha value is -2.29. The Morgan fingerprint density at radius 3 is 2.00 bits per heavy atom. The summed E-state index contributed by atoms with van der Waals surface area (Å²) in [4.78, 5) is 13.1. The van der Waals surface area contributed by atoms with Gasteiger partial charge < -0.3 is 5.32 Å². The first-order chi connectivity index (χ1) is 11.7. The summed E-state index contributed by atoms with van der Waals surface area (Å²) in [5.41, 5.74) is 2.02. The van der Waals surface area contributed by atoms with E-state index >= 15 is 0 Å². The van der Waals surface area contributed by atoms with Gasteiger partial charge in [-0.2, -0.15) is 0 Å². The number of hydrogen-bond donors (Lipinski definition) is 1. The van der Waals surface area contributed by atoms with Crippen molar-refractivity contribution in [2.45, 2.75) is 6.04 Å². The van der Waals surface area contributed by atoms with Crippen LogP contribution in [-0.2, 0) is 0 Å². The molecular weight excluding hydrogens is 341 g/mol. The molecule has 0 saturated carbocycles. The Labute approximate surface area is 151 Å². The zero-order valence-corrected chi connectivity index (χ0v) is 14.3. The molecular formula is C20H15Cl2NO. The number of para-hydroxylation sites is 1. The monoisotopic (exact) mass is 355 g/mol. The Morgan fingerprint density at radius 1 is 0.750 bits per heavy atom. The molecule has 0 spiro atoms. The first kappa shape index (κ1) is 16.6. The predicted octanol–water partition coefficient (Wildman–Crippen LogP) is 6.03. The van der Waals surface area contributed by atoms with Crippen LogP contribution < -0.4 is 5.32 Å². The topological polar surface area (TPSA) is 29.1 Å². The van der Waals surface area contributed by atoms with Crippen LogP contribution in [0.1, 0.15) is 22.0 Å². The standard InChI is InChI=1S/C20H15Cl2NO/c21-17-12-6-4-10-15(17)19(23-14-8-2-1-3-9-14)20(24)16-11-5-7-13-18(16)22/h1-13,19,23H. The molecule has 0 aliphatic heterocycles. The van der Waals surface area contributed by atoms with Crippen molar-refractivity contribution in [2.75, 3.05) is 5.32 Å². The minimum Gasteiger partial charge on any atom is -0.371 e. The maximum atomic E-state index is 13.1. The van der Waals surface area contributed by atoms with Crippen LogP contribution in [-0.4, -0.2) is 5.78 Å². The molecule has 0 amide bonds. The number of carbonyl (C=O) groups is 1. The van der Waals surface area contributed by atoms with Crippen molar-refractivity contribution in [3.05, 3.63) is 100 Å². The number of rotatable bonds is 5. The number of ketones is 1. The zero-order valence-electron chi connectivity index (χ0n) is 12.7. The number of halogens is 2. The highest BCUT2D eigenvalue weighted by atomic mass is 35.5. The summed E-state index contributed by atoms with van der Waals surface area (Å²) in [5, 5.41) is 4.23. The SMILES string of the molecule is O=C(c1ccccc1Cl)C(Nc1ccccc1)c1ccccc1Cl.